The molecule has 3 unspecified atom stereocenters. The Morgan fingerprint density at radius 2 is 1.63 bits per heavy atom. The highest BCUT2D eigenvalue weighted by Gasteiger charge is 2.50. The van der Waals surface area contributed by atoms with Crippen molar-refractivity contribution in [2.75, 3.05) is 19.8 Å². The summed E-state index contributed by atoms with van der Waals surface area (Å²) < 4.78 is 29.9. The van der Waals surface area contributed by atoms with Crippen LogP contribution >= 0.6 is 0 Å². The van der Waals surface area contributed by atoms with E-state index < -0.39 is 24.8 Å². The first kappa shape index (κ1) is 20.7. The molecular formula is C21H32O6. The van der Waals surface area contributed by atoms with E-state index in [1.54, 1.807) is 0 Å². The lowest BCUT2D eigenvalue weighted by Gasteiger charge is -2.47. The van der Waals surface area contributed by atoms with Crippen molar-refractivity contribution in [3.8, 4) is 0 Å². The molecule has 1 N–H and O–H groups in total. The lowest BCUT2D eigenvalue weighted by atomic mass is 9.97. The summed E-state index contributed by atoms with van der Waals surface area (Å²) in [6, 6.07) is 9.84. The third kappa shape index (κ3) is 5.28. The van der Waals surface area contributed by atoms with E-state index in [2.05, 4.69) is 13.8 Å². The Hall–Kier alpha value is -1.02. The lowest BCUT2D eigenvalue weighted by molar-refractivity contribution is -0.364. The summed E-state index contributed by atoms with van der Waals surface area (Å²) in [5, 5.41) is 10.5. The molecule has 3 rings (SSSR count). The maximum atomic E-state index is 10.5. The standard InChI is InChI=1S/C21H32O6/c1-3-5-12-23-18-17-16(26-20(22)19(18)24-13-6-4-2)14-25-21(27-17)15-10-8-7-9-11-15/h7-11,16-22H,3-6,12-14H2,1-2H3/t16?,17-,18?,19+,20-,21?/m1/s1. The Morgan fingerprint density at radius 3 is 2.30 bits per heavy atom. The van der Waals surface area contributed by atoms with Crippen molar-refractivity contribution in [2.24, 2.45) is 0 Å². The van der Waals surface area contributed by atoms with Gasteiger partial charge in [0.05, 0.1) is 6.61 Å². The number of fused-ring (bicyclic) bond motifs is 1. The fourth-order valence-corrected chi connectivity index (χ4v) is 3.44. The average Bonchev–Trinajstić information content (AvgIpc) is 2.70. The molecule has 0 aliphatic carbocycles. The van der Waals surface area contributed by atoms with Gasteiger partial charge in [0, 0.05) is 18.8 Å². The number of aliphatic hydroxyl groups excluding tert-OH is 1. The van der Waals surface area contributed by atoms with Crippen LogP contribution < -0.4 is 0 Å². The molecule has 0 aromatic heterocycles. The Labute approximate surface area is 161 Å². The fourth-order valence-electron chi connectivity index (χ4n) is 3.44. The molecule has 6 heteroatoms. The van der Waals surface area contributed by atoms with Gasteiger partial charge in [-0.25, -0.2) is 0 Å². The number of ether oxygens (including phenoxy) is 5. The largest absolute Gasteiger partial charge is 0.372 e. The third-order valence-electron chi connectivity index (χ3n) is 4.99. The summed E-state index contributed by atoms with van der Waals surface area (Å²) in [5.74, 6) is 0. The molecular weight excluding hydrogens is 348 g/mol. The molecule has 2 fully saturated rings. The second-order valence-electron chi connectivity index (χ2n) is 7.12. The van der Waals surface area contributed by atoms with Crippen molar-refractivity contribution in [3.63, 3.8) is 0 Å². The van der Waals surface area contributed by atoms with Gasteiger partial charge in [0.2, 0.25) is 0 Å². The fraction of sp³-hybridized carbons (Fsp3) is 0.714. The maximum absolute atomic E-state index is 10.5. The van der Waals surface area contributed by atoms with Crippen molar-refractivity contribution in [1.29, 1.82) is 0 Å². The number of unbranched alkanes of at least 4 members (excludes halogenated alkanes) is 2. The molecule has 152 valence electrons. The van der Waals surface area contributed by atoms with Gasteiger partial charge in [-0.2, -0.15) is 0 Å². The topological polar surface area (TPSA) is 66.4 Å². The number of aliphatic hydroxyl groups is 1. The molecule has 27 heavy (non-hydrogen) atoms. The normalized spacial score (nSPS) is 33.6. The zero-order valence-electron chi connectivity index (χ0n) is 16.3. The van der Waals surface area contributed by atoms with Crippen LogP contribution in [0.5, 0.6) is 0 Å². The van der Waals surface area contributed by atoms with Gasteiger partial charge in [0.1, 0.15) is 24.4 Å². The molecule has 6 atom stereocenters. The Balaban J connectivity index is 1.73. The van der Waals surface area contributed by atoms with E-state index in [-0.39, 0.29) is 12.2 Å². The number of benzene rings is 1. The highest BCUT2D eigenvalue weighted by atomic mass is 16.7. The molecule has 1 aromatic rings. The van der Waals surface area contributed by atoms with Crippen LogP contribution in [0, 0.1) is 0 Å². The SMILES string of the molecule is CCCCOC1[C@@H]2OC(c3ccccc3)OCC2O[C@@H](O)[C@H]1OCCCC. The minimum atomic E-state index is -1.05. The molecule has 0 bridgehead atoms. The molecule has 1 aromatic carbocycles. The Morgan fingerprint density at radius 1 is 0.963 bits per heavy atom. The van der Waals surface area contributed by atoms with E-state index >= 15 is 0 Å². The van der Waals surface area contributed by atoms with Crippen molar-refractivity contribution in [3.05, 3.63) is 35.9 Å². The van der Waals surface area contributed by atoms with Crippen molar-refractivity contribution in [2.45, 2.75) is 76.5 Å². The second-order valence-corrected chi connectivity index (χ2v) is 7.12. The minimum absolute atomic E-state index is 0.344. The van der Waals surface area contributed by atoms with E-state index in [1.165, 1.54) is 0 Å². The zero-order valence-corrected chi connectivity index (χ0v) is 16.3. The Kier molecular flexibility index (Phi) is 8.06. The van der Waals surface area contributed by atoms with Gasteiger partial charge in [-0.3, -0.25) is 0 Å². The van der Waals surface area contributed by atoms with Gasteiger partial charge in [0.15, 0.2) is 12.6 Å². The van der Waals surface area contributed by atoms with Gasteiger partial charge in [0.25, 0.3) is 0 Å². The highest BCUT2D eigenvalue weighted by molar-refractivity contribution is 5.16. The molecule has 0 amide bonds. The van der Waals surface area contributed by atoms with Crippen LogP contribution in [0.3, 0.4) is 0 Å². The van der Waals surface area contributed by atoms with Gasteiger partial charge in [-0.1, -0.05) is 57.0 Å². The van der Waals surface area contributed by atoms with Crippen LogP contribution in [0.1, 0.15) is 51.4 Å². The molecule has 6 nitrogen and oxygen atoms in total. The van der Waals surface area contributed by atoms with Crippen LogP contribution in [0.4, 0.5) is 0 Å². The summed E-state index contributed by atoms with van der Waals surface area (Å²) >= 11 is 0. The summed E-state index contributed by atoms with van der Waals surface area (Å²) in [5.41, 5.74) is 0.956. The third-order valence-corrected chi connectivity index (χ3v) is 4.99. The van der Waals surface area contributed by atoms with Crippen molar-refractivity contribution in [1.82, 2.24) is 0 Å². The molecule has 0 spiro atoms. The van der Waals surface area contributed by atoms with Crippen LogP contribution in [-0.2, 0) is 23.7 Å². The number of hydrogen-bond donors (Lipinski definition) is 1. The van der Waals surface area contributed by atoms with E-state index in [9.17, 15) is 5.11 Å². The van der Waals surface area contributed by atoms with E-state index in [1.807, 2.05) is 30.3 Å². The monoisotopic (exact) mass is 380 g/mol. The minimum Gasteiger partial charge on any atom is -0.372 e. The van der Waals surface area contributed by atoms with Crippen LogP contribution in [-0.4, -0.2) is 55.6 Å². The number of hydrogen-bond acceptors (Lipinski definition) is 6. The maximum Gasteiger partial charge on any atom is 0.184 e. The molecule has 2 saturated heterocycles. The van der Waals surface area contributed by atoms with Crippen molar-refractivity contribution >= 4 is 0 Å². The average molecular weight is 380 g/mol. The predicted octanol–water partition coefficient (Wildman–Crippen LogP) is 3.19. The Bertz CT molecular complexity index is 539. The summed E-state index contributed by atoms with van der Waals surface area (Å²) in [6.45, 7) is 5.73. The van der Waals surface area contributed by atoms with E-state index in [0.29, 0.717) is 19.8 Å². The first-order valence-corrected chi connectivity index (χ1v) is 10.1. The second kappa shape index (κ2) is 10.5. The van der Waals surface area contributed by atoms with E-state index in [4.69, 9.17) is 23.7 Å². The van der Waals surface area contributed by atoms with Crippen molar-refractivity contribution < 1.29 is 28.8 Å². The lowest BCUT2D eigenvalue weighted by Crippen LogP contribution is -2.63. The smallest absolute Gasteiger partial charge is 0.184 e. The zero-order chi connectivity index (χ0) is 19.1. The van der Waals surface area contributed by atoms with Crippen LogP contribution in [0.2, 0.25) is 0 Å². The van der Waals surface area contributed by atoms with Gasteiger partial charge in [-0.05, 0) is 12.8 Å². The molecule has 0 saturated carbocycles. The first-order valence-electron chi connectivity index (χ1n) is 10.1. The highest BCUT2D eigenvalue weighted by Crippen LogP contribution is 2.35. The summed E-state index contributed by atoms with van der Waals surface area (Å²) in [4.78, 5) is 0. The van der Waals surface area contributed by atoms with E-state index in [0.717, 1.165) is 31.2 Å². The van der Waals surface area contributed by atoms with Gasteiger partial charge >= 0.3 is 0 Å². The summed E-state index contributed by atoms with van der Waals surface area (Å²) in [6.07, 6.45) is 0.737. The first-order chi connectivity index (χ1) is 13.2. The van der Waals surface area contributed by atoms with Gasteiger partial charge in [-0.15, -0.1) is 0 Å². The summed E-state index contributed by atoms with van der Waals surface area (Å²) in [7, 11) is 0. The van der Waals surface area contributed by atoms with Crippen LogP contribution in [0.15, 0.2) is 30.3 Å². The van der Waals surface area contributed by atoms with Crippen LogP contribution in [0.25, 0.3) is 0 Å². The molecule has 2 heterocycles. The molecule has 2 aliphatic heterocycles. The molecule has 0 radical (unpaired) electrons. The number of rotatable bonds is 9. The van der Waals surface area contributed by atoms with Gasteiger partial charge < -0.3 is 28.8 Å². The molecule has 2 aliphatic rings. The predicted molar refractivity (Wildman–Crippen MR) is 100 cm³/mol. The quantitative estimate of drug-likeness (QED) is 0.664.